The summed E-state index contributed by atoms with van der Waals surface area (Å²) in [5.41, 5.74) is 1.37. The molecule has 2 aromatic heterocycles. The van der Waals surface area contributed by atoms with Crippen molar-refractivity contribution in [2.75, 3.05) is 6.61 Å². The Balaban J connectivity index is 2.21. The van der Waals surface area contributed by atoms with Crippen LogP contribution in [0.25, 0.3) is 21.3 Å². The Bertz CT molecular complexity index is 1000. The number of nitrogens with zero attached hydrogens (tertiary/aromatic N) is 2. The number of thiophene rings is 1. The number of carboxylic acids is 1. The first-order chi connectivity index (χ1) is 12.5. The highest BCUT2D eigenvalue weighted by Gasteiger charge is 2.23. The molecule has 1 aromatic carbocycles. The minimum absolute atomic E-state index is 0.309. The smallest absolute Gasteiger partial charge is 0.326 e. The zero-order valence-electron chi connectivity index (χ0n) is 14.9. The molecule has 0 aliphatic heterocycles. The van der Waals surface area contributed by atoms with Crippen LogP contribution in [-0.2, 0) is 4.79 Å². The van der Waals surface area contributed by atoms with Crippen molar-refractivity contribution in [2.45, 2.75) is 33.2 Å². The number of ether oxygens (including phenoxy) is 1. The zero-order valence-corrected chi connectivity index (χ0v) is 15.7. The molecular formula is C19H20N2O4S. The second kappa shape index (κ2) is 7.29. The van der Waals surface area contributed by atoms with E-state index >= 15 is 0 Å². The topological polar surface area (TPSA) is 81.4 Å². The van der Waals surface area contributed by atoms with Gasteiger partial charge < -0.3 is 9.84 Å². The third-order valence-electron chi connectivity index (χ3n) is 4.27. The van der Waals surface area contributed by atoms with Crippen LogP contribution in [0.5, 0.6) is 5.75 Å². The van der Waals surface area contributed by atoms with Gasteiger partial charge in [0.2, 0.25) is 0 Å². The molecule has 2 heterocycles. The number of aryl methyl sites for hydroxylation is 1. The number of carbonyl (C=O) groups is 1. The Morgan fingerprint density at radius 2 is 2.00 bits per heavy atom. The van der Waals surface area contributed by atoms with E-state index in [1.165, 1.54) is 22.2 Å². The summed E-state index contributed by atoms with van der Waals surface area (Å²) in [6.07, 6.45) is 1.65. The van der Waals surface area contributed by atoms with Crippen molar-refractivity contribution in [1.29, 1.82) is 0 Å². The highest BCUT2D eigenvalue weighted by Crippen LogP contribution is 2.36. The highest BCUT2D eigenvalue weighted by atomic mass is 32.1. The average molecular weight is 372 g/mol. The lowest BCUT2D eigenvalue weighted by Gasteiger charge is -2.13. The maximum Gasteiger partial charge on any atom is 0.326 e. The fourth-order valence-corrected chi connectivity index (χ4v) is 4.06. The number of fused-ring (bicyclic) bond motifs is 1. The molecule has 3 aromatic rings. The van der Waals surface area contributed by atoms with E-state index in [0.717, 1.165) is 21.8 Å². The molecule has 0 amide bonds. The lowest BCUT2D eigenvalue weighted by Crippen LogP contribution is -2.29. The Morgan fingerprint density at radius 1 is 1.31 bits per heavy atom. The Morgan fingerprint density at radius 3 is 2.58 bits per heavy atom. The Kier molecular flexibility index (Phi) is 5.08. The second-order valence-electron chi connectivity index (χ2n) is 5.89. The standard InChI is InChI=1S/C19H20N2O4S/c1-4-14(19(23)24)21-10-20-17-16(18(21)22)15(11(3)26-17)12-6-8-13(9-7-12)25-5-2/h6-10,14H,4-5H2,1-3H3,(H,23,24)/t14-/m0/s1. The fraction of sp³-hybridized carbons (Fsp3) is 0.316. The van der Waals surface area contributed by atoms with Crippen LogP contribution >= 0.6 is 11.3 Å². The normalized spacial score (nSPS) is 12.3. The molecule has 0 saturated heterocycles. The number of carboxylic acid groups (broad SMARTS) is 1. The first kappa shape index (κ1) is 18.1. The van der Waals surface area contributed by atoms with E-state index in [2.05, 4.69) is 4.98 Å². The van der Waals surface area contributed by atoms with Crippen molar-refractivity contribution in [3.8, 4) is 16.9 Å². The maximum absolute atomic E-state index is 13.1. The van der Waals surface area contributed by atoms with Gasteiger partial charge >= 0.3 is 5.97 Å². The van der Waals surface area contributed by atoms with Crippen molar-refractivity contribution in [1.82, 2.24) is 9.55 Å². The van der Waals surface area contributed by atoms with Gasteiger partial charge in [0.1, 0.15) is 16.6 Å². The third kappa shape index (κ3) is 3.10. The Labute approximate surface area is 154 Å². The monoisotopic (exact) mass is 372 g/mol. The van der Waals surface area contributed by atoms with Crippen molar-refractivity contribution in [2.24, 2.45) is 0 Å². The van der Waals surface area contributed by atoms with Crippen LogP contribution in [0.3, 0.4) is 0 Å². The molecule has 0 saturated carbocycles. The van der Waals surface area contributed by atoms with Gasteiger partial charge in [-0.1, -0.05) is 19.1 Å². The largest absolute Gasteiger partial charge is 0.494 e. The van der Waals surface area contributed by atoms with Crippen molar-refractivity contribution >= 4 is 27.5 Å². The molecule has 0 spiro atoms. The van der Waals surface area contributed by atoms with Crippen molar-refractivity contribution in [3.05, 3.63) is 45.8 Å². The number of aromatic nitrogens is 2. The number of hydrogen-bond acceptors (Lipinski definition) is 5. The van der Waals surface area contributed by atoms with E-state index in [1.54, 1.807) is 6.92 Å². The van der Waals surface area contributed by atoms with Crippen molar-refractivity contribution < 1.29 is 14.6 Å². The molecule has 1 N–H and O–H groups in total. The van der Waals surface area contributed by atoms with Gasteiger partial charge in [-0.2, -0.15) is 0 Å². The van der Waals surface area contributed by atoms with Gasteiger partial charge in [-0.3, -0.25) is 9.36 Å². The molecular weight excluding hydrogens is 352 g/mol. The van der Waals surface area contributed by atoms with E-state index in [1.807, 2.05) is 38.1 Å². The van der Waals surface area contributed by atoms with Crippen LogP contribution in [0.4, 0.5) is 0 Å². The van der Waals surface area contributed by atoms with Crippen LogP contribution in [0.2, 0.25) is 0 Å². The third-order valence-corrected chi connectivity index (χ3v) is 5.29. The molecule has 6 nitrogen and oxygen atoms in total. The maximum atomic E-state index is 13.1. The Hall–Kier alpha value is -2.67. The lowest BCUT2D eigenvalue weighted by atomic mass is 10.0. The van der Waals surface area contributed by atoms with E-state index in [9.17, 15) is 14.7 Å². The van der Waals surface area contributed by atoms with Crippen LogP contribution in [0.1, 0.15) is 31.2 Å². The quantitative estimate of drug-likeness (QED) is 0.710. The summed E-state index contributed by atoms with van der Waals surface area (Å²) in [5.74, 6) is -0.272. The van der Waals surface area contributed by atoms with Gasteiger partial charge in [0, 0.05) is 10.4 Å². The first-order valence-corrected chi connectivity index (χ1v) is 9.25. The molecule has 0 aliphatic carbocycles. The minimum Gasteiger partial charge on any atom is -0.494 e. The molecule has 0 unspecified atom stereocenters. The average Bonchev–Trinajstić information content (AvgIpc) is 2.95. The lowest BCUT2D eigenvalue weighted by molar-refractivity contribution is -0.141. The predicted molar refractivity (Wildman–Crippen MR) is 102 cm³/mol. The molecule has 1 atom stereocenters. The van der Waals surface area contributed by atoms with Crippen LogP contribution in [0.15, 0.2) is 35.4 Å². The van der Waals surface area contributed by atoms with Crippen LogP contribution in [0, 0.1) is 6.92 Å². The molecule has 0 bridgehead atoms. The van der Waals surface area contributed by atoms with Gasteiger partial charge in [0.25, 0.3) is 5.56 Å². The van der Waals surface area contributed by atoms with Gasteiger partial charge in [-0.25, -0.2) is 9.78 Å². The first-order valence-electron chi connectivity index (χ1n) is 8.44. The van der Waals surface area contributed by atoms with Gasteiger partial charge in [0.05, 0.1) is 18.3 Å². The number of rotatable bonds is 6. The molecule has 136 valence electrons. The second-order valence-corrected chi connectivity index (χ2v) is 7.09. The van der Waals surface area contributed by atoms with Crippen LogP contribution < -0.4 is 10.3 Å². The summed E-state index contributed by atoms with van der Waals surface area (Å²) in [6.45, 7) is 6.19. The number of benzene rings is 1. The highest BCUT2D eigenvalue weighted by molar-refractivity contribution is 7.19. The van der Waals surface area contributed by atoms with Crippen LogP contribution in [-0.4, -0.2) is 27.2 Å². The predicted octanol–water partition coefficient (Wildman–Crippen LogP) is 3.87. The van der Waals surface area contributed by atoms with Crippen molar-refractivity contribution in [3.63, 3.8) is 0 Å². The summed E-state index contributed by atoms with van der Waals surface area (Å²) in [5, 5.41) is 9.87. The molecule has 3 rings (SSSR count). The summed E-state index contributed by atoms with van der Waals surface area (Å²) in [6, 6.07) is 6.62. The molecule has 0 aliphatic rings. The molecule has 7 heteroatoms. The molecule has 0 fully saturated rings. The summed E-state index contributed by atoms with van der Waals surface area (Å²) >= 11 is 1.44. The van der Waals surface area contributed by atoms with Gasteiger partial charge in [0.15, 0.2) is 0 Å². The van der Waals surface area contributed by atoms with Gasteiger partial charge in [-0.15, -0.1) is 11.3 Å². The molecule has 0 radical (unpaired) electrons. The molecule has 26 heavy (non-hydrogen) atoms. The van der Waals surface area contributed by atoms with E-state index in [-0.39, 0.29) is 5.56 Å². The summed E-state index contributed by atoms with van der Waals surface area (Å²) in [4.78, 5) is 30.5. The fourth-order valence-electron chi connectivity index (χ4n) is 3.06. The zero-order chi connectivity index (χ0) is 18.8. The number of hydrogen-bond donors (Lipinski definition) is 1. The SMILES string of the molecule is CCOc1ccc(-c2c(C)sc3ncn([C@@H](CC)C(=O)O)c(=O)c23)cc1. The minimum atomic E-state index is -1.04. The van der Waals surface area contributed by atoms with Gasteiger partial charge in [-0.05, 0) is 38.0 Å². The van der Waals surface area contributed by atoms with E-state index < -0.39 is 12.0 Å². The summed E-state index contributed by atoms with van der Waals surface area (Å²) < 4.78 is 6.69. The van der Waals surface area contributed by atoms with E-state index in [4.69, 9.17) is 4.74 Å². The summed E-state index contributed by atoms with van der Waals surface area (Å²) in [7, 11) is 0. The number of aliphatic carboxylic acids is 1. The van der Waals surface area contributed by atoms with E-state index in [0.29, 0.717) is 23.2 Å².